The van der Waals surface area contributed by atoms with Crippen LogP contribution in [0, 0.1) is 5.92 Å². The first-order valence-corrected chi connectivity index (χ1v) is 9.20. The quantitative estimate of drug-likeness (QED) is 0.918. The van der Waals surface area contributed by atoms with Crippen molar-refractivity contribution < 1.29 is 14.3 Å². The van der Waals surface area contributed by atoms with E-state index in [-0.39, 0.29) is 30.1 Å². The van der Waals surface area contributed by atoms with Gasteiger partial charge in [0.2, 0.25) is 5.91 Å². The number of nitrogens with one attached hydrogen (secondary N) is 1. The van der Waals surface area contributed by atoms with Gasteiger partial charge in [-0.05, 0) is 51.5 Å². The van der Waals surface area contributed by atoms with E-state index >= 15 is 0 Å². The summed E-state index contributed by atoms with van der Waals surface area (Å²) in [5.74, 6) is 0.838. The Morgan fingerprint density at radius 3 is 2.52 bits per heavy atom. The SMILES string of the molecule is CC(C)(C)OC(=O)N1[C@@H]2C[C@@H]2C[C@H]1C(=O)NC1CC1c1ccccc1. The fourth-order valence-electron chi connectivity index (χ4n) is 3.97. The highest BCUT2D eigenvalue weighted by molar-refractivity contribution is 5.87. The van der Waals surface area contributed by atoms with Crippen molar-refractivity contribution in [3.05, 3.63) is 35.9 Å². The number of nitrogens with zero attached hydrogens (tertiary/aromatic N) is 1. The van der Waals surface area contributed by atoms with Crippen molar-refractivity contribution in [2.24, 2.45) is 5.92 Å². The zero-order valence-corrected chi connectivity index (χ0v) is 15.1. The van der Waals surface area contributed by atoms with Crippen LogP contribution in [0.5, 0.6) is 0 Å². The number of piperidine rings is 1. The minimum atomic E-state index is -0.542. The highest BCUT2D eigenvalue weighted by Crippen LogP contribution is 2.49. The van der Waals surface area contributed by atoms with Crippen LogP contribution in [0.4, 0.5) is 4.79 Å². The number of likely N-dealkylation sites (tertiary alicyclic amines) is 1. The highest BCUT2D eigenvalue weighted by Gasteiger charge is 2.57. The number of carbonyl (C=O) groups excluding carboxylic acids is 2. The Hall–Kier alpha value is -2.04. The molecule has 5 nitrogen and oxygen atoms in total. The summed E-state index contributed by atoms with van der Waals surface area (Å²) in [5, 5.41) is 3.14. The minimum Gasteiger partial charge on any atom is -0.444 e. The van der Waals surface area contributed by atoms with Crippen molar-refractivity contribution in [3.63, 3.8) is 0 Å². The molecule has 3 fully saturated rings. The Balaban J connectivity index is 1.38. The van der Waals surface area contributed by atoms with Crippen molar-refractivity contribution >= 4 is 12.0 Å². The lowest BCUT2D eigenvalue weighted by Gasteiger charge is -2.30. The van der Waals surface area contributed by atoms with Gasteiger partial charge in [-0.2, -0.15) is 0 Å². The Morgan fingerprint density at radius 1 is 1.12 bits per heavy atom. The van der Waals surface area contributed by atoms with E-state index in [2.05, 4.69) is 17.4 Å². The Labute approximate surface area is 148 Å². The van der Waals surface area contributed by atoms with Gasteiger partial charge >= 0.3 is 6.09 Å². The summed E-state index contributed by atoms with van der Waals surface area (Å²) in [7, 11) is 0. The zero-order chi connectivity index (χ0) is 17.8. The summed E-state index contributed by atoms with van der Waals surface area (Å²) in [6.45, 7) is 5.57. The molecule has 3 aliphatic rings. The molecule has 0 radical (unpaired) electrons. The average Bonchev–Trinajstić information content (AvgIpc) is 3.44. The van der Waals surface area contributed by atoms with Crippen LogP contribution in [0.1, 0.15) is 51.5 Å². The van der Waals surface area contributed by atoms with Crippen molar-refractivity contribution in [3.8, 4) is 0 Å². The molecule has 1 saturated heterocycles. The van der Waals surface area contributed by atoms with Crippen molar-refractivity contribution in [2.75, 3.05) is 0 Å². The molecule has 0 bridgehead atoms. The van der Waals surface area contributed by atoms with Crippen LogP contribution in [0.25, 0.3) is 0 Å². The van der Waals surface area contributed by atoms with E-state index in [1.807, 2.05) is 39.0 Å². The van der Waals surface area contributed by atoms with Crippen molar-refractivity contribution in [2.45, 2.75) is 69.7 Å². The predicted octanol–water partition coefficient (Wildman–Crippen LogP) is 3.06. The number of carbonyl (C=O) groups is 2. The van der Waals surface area contributed by atoms with Crippen molar-refractivity contribution in [1.29, 1.82) is 0 Å². The normalized spacial score (nSPS) is 32.8. The predicted molar refractivity (Wildman–Crippen MR) is 94.1 cm³/mol. The molecule has 2 amide bonds. The summed E-state index contributed by atoms with van der Waals surface area (Å²) in [4.78, 5) is 27.0. The molecule has 2 saturated carbocycles. The second-order valence-electron chi connectivity index (χ2n) is 8.57. The van der Waals surface area contributed by atoms with Crippen LogP contribution in [0.3, 0.4) is 0 Å². The van der Waals surface area contributed by atoms with Crippen molar-refractivity contribution in [1.82, 2.24) is 10.2 Å². The molecular formula is C20H26N2O3. The van der Waals surface area contributed by atoms with Gasteiger partial charge in [0.05, 0.1) is 0 Å². The number of ether oxygens (including phenoxy) is 1. The lowest BCUT2D eigenvalue weighted by molar-refractivity contribution is -0.126. The maximum atomic E-state index is 12.8. The van der Waals surface area contributed by atoms with E-state index in [0.29, 0.717) is 11.8 Å². The van der Waals surface area contributed by atoms with Gasteiger partial charge in [-0.15, -0.1) is 0 Å². The molecule has 5 heteroatoms. The lowest BCUT2D eigenvalue weighted by Crippen LogP contribution is -2.50. The molecule has 1 N–H and O–H groups in total. The van der Waals surface area contributed by atoms with E-state index in [1.165, 1.54) is 5.56 Å². The first-order valence-electron chi connectivity index (χ1n) is 9.20. The standard InChI is InChI=1S/C20H26N2O3/c1-20(2,3)25-19(24)22-16-9-13(16)10-17(22)18(23)21-15-11-14(15)12-7-5-4-6-8-12/h4-8,13-17H,9-11H2,1-3H3,(H,21,23)/t13-,14?,15?,16-,17+/m1/s1. The summed E-state index contributed by atoms with van der Waals surface area (Å²) in [5.41, 5.74) is 0.728. The maximum Gasteiger partial charge on any atom is 0.411 e. The fourth-order valence-corrected chi connectivity index (χ4v) is 3.97. The van der Waals surface area contributed by atoms with E-state index in [0.717, 1.165) is 19.3 Å². The second kappa shape index (κ2) is 5.75. The third kappa shape index (κ3) is 3.37. The molecule has 134 valence electrons. The summed E-state index contributed by atoms with van der Waals surface area (Å²) < 4.78 is 5.52. The van der Waals surface area contributed by atoms with Gasteiger partial charge in [-0.3, -0.25) is 9.69 Å². The van der Waals surface area contributed by atoms with Crippen LogP contribution < -0.4 is 5.32 Å². The molecule has 25 heavy (non-hydrogen) atoms. The van der Waals surface area contributed by atoms with Gasteiger partial charge in [0.25, 0.3) is 0 Å². The van der Waals surface area contributed by atoms with Crippen LogP contribution in [-0.4, -0.2) is 40.6 Å². The molecule has 1 heterocycles. The molecule has 4 rings (SSSR count). The first kappa shape index (κ1) is 16.4. The Bertz CT molecular complexity index is 682. The molecule has 5 atom stereocenters. The molecular weight excluding hydrogens is 316 g/mol. The van der Waals surface area contributed by atoms with Gasteiger partial charge in [-0.1, -0.05) is 30.3 Å². The Morgan fingerprint density at radius 2 is 1.84 bits per heavy atom. The summed E-state index contributed by atoms with van der Waals surface area (Å²) >= 11 is 0. The number of hydrogen-bond acceptors (Lipinski definition) is 3. The van der Waals surface area contributed by atoms with E-state index in [4.69, 9.17) is 4.74 Å². The minimum absolute atomic E-state index is 0.0264. The first-order chi connectivity index (χ1) is 11.8. The Kier molecular flexibility index (Phi) is 3.78. The largest absolute Gasteiger partial charge is 0.444 e. The summed E-state index contributed by atoms with van der Waals surface area (Å²) in [6.07, 6.45) is 2.38. The second-order valence-corrected chi connectivity index (χ2v) is 8.57. The third-order valence-corrected chi connectivity index (χ3v) is 5.36. The number of hydrogen-bond donors (Lipinski definition) is 1. The molecule has 2 unspecified atom stereocenters. The van der Waals surface area contributed by atoms with Crippen LogP contribution in [0.2, 0.25) is 0 Å². The third-order valence-electron chi connectivity index (χ3n) is 5.36. The van der Waals surface area contributed by atoms with Gasteiger partial charge in [0.15, 0.2) is 0 Å². The smallest absolute Gasteiger partial charge is 0.411 e. The van der Waals surface area contributed by atoms with Gasteiger partial charge < -0.3 is 10.1 Å². The average molecular weight is 342 g/mol. The molecule has 2 aliphatic carbocycles. The zero-order valence-electron chi connectivity index (χ0n) is 15.1. The molecule has 1 aliphatic heterocycles. The number of rotatable bonds is 3. The highest BCUT2D eigenvalue weighted by atomic mass is 16.6. The van der Waals surface area contributed by atoms with Gasteiger partial charge in [0.1, 0.15) is 11.6 Å². The van der Waals surface area contributed by atoms with Crippen LogP contribution in [-0.2, 0) is 9.53 Å². The van der Waals surface area contributed by atoms with Crippen LogP contribution in [0.15, 0.2) is 30.3 Å². The molecule has 0 aromatic heterocycles. The van der Waals surface area contributed by atoms with Gasteiger partial charge in [0, 0.05) is 18.0 Å². The molecule has 1 aromatic carbocycles. The number of amides is 2. The molecule has 0 spiro atoms. The molecule has 1 aromatic rings. The lowest BCUT2D eigenvalue weighted by atomic mass is 10.1. The summed E-state index contributed by atoms with van der Waals surface area (Å²) in [6, 6.07) is 10.3. The number of fused-ring (bicyclic) bond motifs is 1. The topological polar surface area (TPSA) is 58.6 Å². The monoisotopic (exact) mass is 342 g/mol. The maximum absolute atomic E-state index is 12.8. The van der Waals surface area contributed by atoms with E-state index in [9.17, 15) is 9.59 Å². The van der Waals surface area contributed by atoms with Gasteiger partial charge in [-0.25, -0.2) is 4.79 Å². The van der Waals surface area contributed by atoms with Crippen LogP contribution >= 0.6 is 0 Å². The number of benzene rings is 1. The van der Waals surface area contributed by atoms with E-state index in [1.54, 1.807) is 4.90 Å². The van der Waals surface area contributed by atoms with E-state index < -0.39 is 5.60 Å². The fraction of sp³-hybridized carbons (Fsp3) is 0.600.